The second-order valence-corrected chi connectivity index (χ2v) is 7.82. The van der Waals surface area contributed by atoms with E-state index in [-0.39, 0.29) is 6.09 Å². The number of piperazine rings is 1. The summed E-state index contributed by atoms with van der Waals surface area (Å²) in [5, 5.41) is 4.88. The lowest BCUT2D eigenvalue weighted by Gasteiger charge is -2.33. The zero-order chi connectivity index (χ0) is 22.5. The molecule has 32 heavy (non-hydrogen) atoms. The van der Waals surface area contributed by atoms with Gasteiger partial charge < -0.3 is 14.4 Å². The van der Waals surface area contributed by atoms with Crippen LogP contribution in [0, 0.1) is 4.77 Å². The van der Waals surface area contributed by atoms with E-state index < -0.39 is 0 Å². The Morgan fingerprint density at radius 3 is 2.34 bits per heavy atom. The molecular weight excluding hydrogens is 426 g/mol. The van der Waals surface area contributed by atoms with Crippen LogP contribution in [0.3, 0.4) is 0 Å². The lowest BCUT2D eigenvalue weighted by molar-refractivity contribution is 0.0691. The maximum atomic E-state index is 12.0. The molecule has 0 bridgehead atoms. The normalized spacial score (nSPS) is 14.4. The first kappa shape index (κ1) is 22.0. The van der Waals surface area contributed by atoms with Crippen molar-refractivity contribution in [2.24, 2.45) is 0 Å². The number of rotatable bonds is 6. The van der Waals surface area contributed by atoms with Gasteiger partial charge in [-0.1, -0.05) is 18.2 Å². The van der Waals surface area contributed by atoms with Crippen LogP contribution < -0.4 is 4.74 Å². The van der Waals surface area contributed by atoms with Gasteiger partial charge in [-0.3, -0.25) is 9.47 Å². The van der Waals surface area contributed by atoms with Crippen molar-refractivity contribution in [3.8, 4) is 22.8 Å². The van der Waals surface area contributed by atoms with Crippen molar-refractivity contribution in [3.63, 3.8) is 0 Å². The fourth-order valence-electron chi connectivity index (χ4n) is 3.71. The van der Waals surface area contributed by atoms with Crippen molar-refractivity contribution in [3.05, 3.63) is 59.4 Å². The van der Waals surface area contributed by atoms with Gasteiger partial charge in [0.05, 0.1) is 20.4 Å². The van der Waals surface area contributed by atoms with E-state index in [2.05, 4.69) is 4.90 Å². The predicted molar refractivity (Wildman–Crippen MR) is 125 cm³/mol. The van der Waals surface area contributed by atoms with Crippen LogP contribution in [0.1, 0.15) is 6.92 Å². The molecule has 0 atom stereocenters. The lowest BCUT2D eigenvalue weighted by Crippen LogP contribution is -2.49. The summed E-state index contributed by atoms with van der Waals surface area (Å²) in [7, 11) is 1.65. The number of benzene rings is 2. The highest BCUT2D eigenvalue weighted by Gasteiger charge is 2.23. The molecule has 2 aromatic carbocycles. The molecule has 4 rings (SSSR count). The Morgan fingerprint density at radius 1 is 1.03 bits per heavy atom. The molecule has 0 unspecified atom stereocenters. The Bertz CT molecular complexity index is 1100. The largest absolute Gasteiger partial charge is 0.497 e. The van der Waals surface area contributed by atoms with Crippen molar-refractivity contribution in [1.82, 2.24) is 24.1 Å². The number of carbonyl (C=O) groups is 1. The van der Waals surface area contributed by atoms with E-state index in [4.69, 9.17) is 26.8 Å². The smallest absolute Gasteiger partial charge is 0.409 e. The third-order valence-corrected chi connectivity index (χ3v) is 5.83. The molecule has 168 valence electrons. The van der Waals surface area contributed by atoms with Gasteiger partial charge in [-0.15, -0.1) is 5.10 Å². The summed E-state index contributed by atoms with van der Waals surface area (Å²) < 4.78 is 14.9. The van der Waals surface area contributed by atoms with Crippen molar-refractivity contribution in [1.29, 1.82) is 0 Å². The third kappa shape index (κ3) is 4.68. The standard InChI is InChI=1S/C23H27N5O3S/c1-3-31-23(29)26-15-13-25(14-16-26)17-27-22(32)28(19-7-5-4-6-8-19)21(24-27)18-9-11-20(30-2)12-10-18/h4-12H,3,13-17H2,1-2H3. The van der Waals surface area contributed by atoms with Gasteiger partial charge in [-0.2, -0.15) is 0 Å². The van der Waals surface area contributed by atoms with Crippen LogP contribution in [0.4, 0.5) is 4.79 Å². The van der Waals surface area contributed by atoms with Crippen LogP contribution in [0.15, 0.2) is 54.6 Å². The van der Waals surface area contributed by atoms with Gasteiger partial charge in [0.1, 0.15) is 5.75 Å². The minimum absolute atomic E-state index is 0.251. The molecule has 1 aliphatic rings. The fraction of sp³-hybridized carbons (Fsp3) is 0.348. The number of amides is 1. The second-order valence-electron chi connectivity index (χ2n) is 7.45. The van der Waals surface area contributed by atoms with Crippen LogP contribution in [0.5, 0.6) is 5.75 Å². The molecule has 2 heterocycles. The van der Waals surface area contributed by atoms with Gasteiger partial charge in [0.15, 0.2) is 5.82 Å². The SMILES string of the molecule is CCOC(=O)N1CCN(Cn2nc(-c3ccc(OC)cc3)n(-c3ccccc3)c2=S)CC1. The minimum atomic E-state index is -0.251. The highest BCUT2D eigenvalue weighted by Crippen LogP contribution is 2.25. The Balaban J connectivity index is 1.60. The molecule has 1 fully saturated rings. The number of ether oxygens (including phenoxy) is 2. The van der Waals surface area contributed by atoms with Crippen LogP contribution >= 0.6 is 12.2 Å². The third-order valence-electron chi connectivity index (χ3n) is 5.43. The highest BCUT2D eigenvalue weighted by molar-refractivity contribution is 7.71. The van der Waals surface area contributed by atoms with E-state index in [1.54, 1.807) is 12.0 Å². The Hall–Kier alpha value is -3.17. The topological polar surface area (TPSA) is 64.8 Å². The molecule has 9 heteroatoms. The molecule has 3 aromatic rings. The first-order chi connectivity index (χ1) is 15.6. The van der Waals surface area contributed by atoms with Crippen LogP contribution in [0.25, 0.3) is 17.1 Å². The number of hydrogen-bond acceptors (Lipinski definition) is 6. The molecule has 8 nitrogen and oxygen atoms in total. The molecule has 0 N–H and O–H groups in total. The van der Waals surface area contributed by atoms with Crippen molar-refractivity contribution >= 4 is 18.3 Å². The van der Waals surface area contributed by atoms with Gasteiger partial charge >= 0.3 is 6.09 Å². The molecule has 0 saturated carbocycles. The molecule has 0 aliphatic carbocycles. The summed E-state index contributed by atoms with van der Waals surface area (Å²) in [4.78, 5) is 15.9. The van der Waals surface area contributed by atoms with E-state index in [0.29, 0.717) is 31.1 Å². The summed E-state index contributed by atoms with van der Waals surface area (Å²) in [5.74, 6) is 1.56. The van der Waals surface area contributed by atoms with E-state index in [9.17, 15) is 4.79 Å². The number of methoxy groups -OCH3 is 1. The van der Waals surface area contributed by atoms with E-state index in [0.717, 1.165) is 35.9 Å². The average molecular weight is 454 g/mol. The summed E-state index contributed by atoms with van der Waals surface area (Å²) in [5.41, 5.74) is 1.91. The first-order valence-electron chi connectivity index (χ1n) is 10.6. The maximum Gasteiger partial charge on any atom is 0.409 e. The van der Waals surface area contributed by atoms with Gasteiger partial charge in [0.2, 0.25) is 4.77 Å². The molecule has 1 aromatic heterocycles. The van der Waals surface area contributed by atoms with E-state index in [1.807, 2.05) is 70.8 Å². The number of carbonyl (C=O) groups excluding carboxylic acids is 1. The summed E-state index contributed by atoms with van der Waals surface area (Å²) in [6, 6.07) is 17.8. The van der Waals surface area contributed by atoms with Crippen LogP contribution in [-0.2, 0) is 11.4 Å². The zero-order valence-corrected chi connectivity index (χ0v) is 19.1. The Labute approximate surface area is 192 Å². The average Bonchev–Trinajstić information content (AvgIpc) is 3.16. The van der Waals surface area contributed by atoms with Crippen LogP contribution in [-0.4, -0.2) is 70.1 Å². The molecule has 0 spiro atoms. The number of nitrogens with zero attached hydrogens (tertiary/aromatic N) is 5. The molecule has 1 saturated heterocycles. The van der Waals surface area contributed by atoms with Gasteiger partial charge in [0.25, 0.3) is 0 Å². The summed E-state index contributed by atoms with van der Waals surface area (Å²) >= 11 is 5.84. The fourth-order valence-corrected chi connectivity index (χ4v) is 4.00. The second kappa shape index (κ2) is 9.97. The first-order valence-corrected chi connectivity index (χ1v) is 11.0. The van der Waals surface area contributed by atoms with Gasteiger partial charge in [-0.05, 0) is 55.5 Å². The summed E-state index contributed by atoms with van der Waals surface area (Å²) in [6.45, 7) is 5.47. The zero-order valence-electron chi connectivity index (χ0n) is 18.3. The summed E-state index contributed by atoms with van der Waals surface area (Å²) in [6.07, 6.45) is -0.251. The maximum absolute atomic E-state index is 12.0. The molecule has 1 amide bonds. The molecule has 0 radical (unpaired) electrons. The lowest BCUT2D eigenvalue weighted by atomic mass is 10.2. The Kier molecular flexibility index (Phi) is 6.87. The van der Waals surface area contributed by atoms with E-state index in [1.165, 1.54) is 0 Å². The number of hydrogen-bond donors (Lipinski definition) is 0. The Morgan fingerprint density at radius 2 is 1.72 bits per heavy atom. The van der Waals surface area contributed by atoms with Crippen molar-refractivity contribution in [2.75, 3.05) is 39.9 Å². The predicted octanol–water partition coefficient (Wildman–Crippen LogP) is 3.81. The number of aromatic nitrogens is 3. The minimum Gasteiger partial charge on any atom is -0.497 e. The van der Waals surface area contributed by atoms with Crippen LogP contribution in [0.2, 0.25) is 0 Å². The van der Waals surface area contributed by atoms with Crippen molar-refractivity contribution < 1.29 is 14.3 Å². The quantitative estimate of drug-likeness (QED) is 0.529. The molecule has 1 aliphatic heterocycles. The van der Waals surface area contributed by atoms with Gasteiger partial charge in [-0.25, -0.2) is 9.48 Å². The van der Waals surface area contributed by atoms with Gasteiger partial charge in [0, 0.05) is 37.4 Å². The highest BCUT2D eigenvalue weighted by atomic mass is 32.1. The monoisotopic (exact) mass is 453 g/mol. The van der Waals surface area contributed by atoms with E-state index >= 15 is 0 Å². The number of para-hydroxylation sites is 1. The molecular formula is C23H27N5O3S. The van der Waals surface area contributed by atoms with Crippen molar-refractivity contribution in [2.45, 2.75) is 13.6 Å².